The Morgan fingerprint density at radius 1 is 0.903 bits per heavy atom. The van der Waals surface area contributed by atoms with E-state index in [0.29, 0.717) is 17.3 Å². The van der Waals surface area contributed by atoms with Crippen LogP contribution in [0.15, 0.2) is 54.7 Å². The Hall–Kier alpha value is -3.09. The third kappa shape index (κ3) is 5.34. The fourth-order valence-electron chi connectivity index (χ4n) is 4.01. The standard InChI is InChI=1S/C24H25F3N4/c1-16-6-5-9-20(14-16)30-23-28-15-21(24(25,26)27)22(31-23)29-19-12-10-18(11-13-19)17-7-3-2-4-8-17/h5-6,9-15,17H,2-4,7-8H2,1H3,(H2,28,29,30,31). The highest BCUT2D eigenvalue weighted by Gasteiger charge is 2.35. The van der Waals surface area contributed by atoms with Gasteiger partial charge >= 0.3 is 6.18 Å². The predicted octanol–water partition coefficient (Wildman–Crippen LogP) is 7.34. The number of benzene rings is 2. The van der Waals surface area contributed by atoms with Crippen LogP contribution in [-0.4, -0.2) is 9.97 Å². The van der Waals surface area contributed by atoms with E-state index >= 15 is 0 Å². The number of hydrogen-bond donors (Lipinski definition) is 2. The third-order valence-corrected chi connectivity index (χ3v) is 5.62. The van der Waals surface area contributed by atoms with E-state index in [2.05, 4.69) is 20.6 Å². The van der Waals surface area contributed by atoms with E-state index in [-0.39, 0.29) is 11.8 Å². The number of rotatable bonds is 5. The first-order valence-corrected chi connectivity index (χ1v) is 10.5. The van der Waals surface area contributed by atoms with Crippen molar-refractivity contribution in [3.05, 3.63) is 71.4 Å². The van der Waals surface area contributed by atoms with Crippen molar-refractivity contribution in [1.82, 2.24) is 9.97 Å². The van der Waals surface area contributed by atoms with Crippen LogP contribution < -0.4 is 10.6 Å². The summed E-state index contributed by atoms with van der Waals surface area (Å²) in [6.45, 7) is 1.93. The Morgan fingerprint density at radius 3 is 2.32 bits per heavy atom. The van der Waals surface area contributed by atoms with Crippen LogP contribution in [0.4, 0.5) is 36.3 Å². The molecular weight excluding hydrogens is 401 g/mol. The van der Waals surface area contributed by atoms with Gasteiger partial charge < -0.3 is 10.6 Å². The lowest BCUT2D eigenvalue weighted by Crippen LogP contribution is -2.12. The van der Waals surface area contributed by atoms with Gasteiger partial charge in [-0.2, -0.15) is 18.2 Å². The number of alkyl halides is 3. The molecule has 1 aromatic heterocycles. The van der Waals surface area contributed by atoms with Crippen LogP contribution in [0.25, 0.3) is 0 Å². The Kier molecular flexibility index (Phi) is 6.11. The topological polar surface area (TPSA) is 49.8 Å². The molecule has 2 aromatic carbocycles. The number of halogens is 3. The Bertz CT molecular complexity index is 1030. The van der Waals surface area contributed by atoms with E-state index in [9.17, 15) is 13.2 Å². The largest absolute Gasteiger partial charge is 0.421 e. The minimum absolute atomic E-state index is 0.0972. The van der Waals surface area contributed by atoms with Crippen molar-refractivity contribution in [3.63, 3.8) is 0 Å². The summed E-state index contributed by atoms with van der Waals surface area (Å²) in [7, 11) is 0. The highest BCUT2D eigenvalue weighted by Crippen LogP contribution is 2.36. The van der Waals surface area contributed by atoms with Crippen molar-refractivity contribution in [2.75, 3.05) is 10.6 Å². The van der Waals surface area contributed by atoms with E-state index in [1.54, 1.807) is 0 Å². The third-order valence-electron chi connectivity index (χ3n) is 5.62. The van der Waals surface area contributed by atoms with Gasteiger partial charge in [0, 0.05) is 17.6 Å². The molecule has 1 aliphatic rings. The van der Waals surface area contributed by atoms with Crippen LogP contribution in [0.3, 0.4) is 0 Å². The van der Waals surface area contributed by atoms with E-state index in [4.69, 9.17) is 0 Å². The molecule has 3 aromatic rings. The van der Waals surface area contributed by atoms with Crippen LogP contribution in [0.5, 0.6) is 0 Å². The van der Waals surface area contributed by atoms with Gasteiger partial charge in [0.15, 0.2) is 0 Å². The SMILES string of the molecule is Cc1cccc(Nc2ncc(C(F)(F)F)c(Nc3ccc(C4CCCCC4)cc3)n2)c1. The second-order valence-corrected chi connectivity index (χ2v) is 8.03. The first kappa shape index (κ1) is 21.2. The molecule has 1 heterocycles. The van der Waals surface area contributed by atoms with Gasteiger partial charge in [-0.15, -0.1) is 0 Å². The van der Waals surface area contributed by atoms with Crippen molar-refractivity contribution < 1.29 is 13.2 Å². The van der Waals surface area contributed by atoms with Gasteiger partial charge in [0.05, 0.1) is 0 Å². The summed E-state index contributed by atoms with van der Waals surface area (Å²) in [5, 5.41) is 5.81. The second-order valence-electron chi connectivity index (χ2n) is 8.03. The molecule has 0 saturated heterocycles. The van der Waals surface area contributed by atoms with Gasteiger partial charge in [0.2, 0.25) is 5.95 Å². The van der Waals surface area contributed by atoms with Gasteiger partial charge in [0.25, 0.3) is 0 Å². The lowest BCUT2D eigenvalue weighted by Gasteiger charge is -2.22. The van der Waals surface area contributed by atoms with Gasteiger partial charge in [0.1, 0.15) is 11.4 Å². The van der Waals surface area contributed by atoms with Gasteiger partial charge in [-0.05, 0) is 61.1 Å². The zero-order valence-electron chi connectivity index (χ0n) is 17.3. The summed E-state index contributed by atoms with van der Waals surface area (Å²) in [6.07, 6.45) is 2.34. The molecule has 0 aliphatic heterocycles. The average molecular weight is 426 g/mol. The molecule has 4 nitrogen and oxygen atoms in total. The van der Waals surface area contributed by atoms with Crippen molar-refractivity contribution in [1.29, 1.82) is 0 Å². The molecule has 0 atom stereocenters. The summed E-state index contributed by atoms with van der Waals surface area (Å²) < 4.78 is 40.6. The van der Waals surface area contributed by atoms with Gasteiger partial charge in [-0.25, -0.2) is 4.98 Å². The first-order valence-electron chi connectivity index (χ1n) is 10.5. The smallest absolute Gasteiger partial charge is 0.340 e. The zero-order chi connectivity index (χ0) is 21.8. The lowest BCUT2D eigenvalue weighted by molar-refractivity contribution is -0.137. The summed E-state index contributed by atoms with van der Waals surface area (Å²) in [5.41, 5.74) is 2.63. The molecule has 4 rings (SSSR count). The van der Waals surface area contributed by atoms with Crippen molar-refractivity contribution >= 4 is 23.1 Å². The quantitative estimate of drug-likeness (QED) is 0.448. The molecule has 0 spiro atoms. The molecule has 162 valence electrons. The number of aromatic nitrogens is 2. The van der Waals surface area contributed by atoms with E-state index in [0.717, 1.165) is 11.8 Å². The Labute approximate surface area is 179 Å². The normalized spacial score (nSPS) is 15.0. The molecular formula is C24H25F3N4. The fraction of sp³-hybridized carbons (Fsp3) is 0.333. The maximum Gasteiger partial charge on any atom is 0.421 e. The molecule has 0 radical (unpaired) electrons. The summed E-state index contributed by atoms with van der Waals surface area (Å²) in [5.74, 6) is 0.362. The minimum Gasteiger partial charge on any atom is -0.340 e. The fourth-order valence-corrected chi connectivity index (χ4v) is 4.01. The molecule has 7 heteroatoms. The van der Waals surface area contributed by atoms with Crippen LogP contribution in [0.1, 0.15) is 54.7 Å². The van der Waals surface area contributed by atoms with Crippen LogP contribution in [-0.2, 0) is 6.18 Å². The van der Waals surface area contributed by atoms with Crippen LogP contribution in [0.2, 0.25) is 0 Å². The molecule has 31 heavy (non-hydrogen) atoms. The van der Waals surface area contributed by atoms with E-state index in [1.165, 1.54) is 37.7 Å². The maximum atomic E-state index is 13.5. The summed E-state index contributed by atoms with van der Waals surface area (Å²) in [4.78, 5) is 7.98. The molecule has 1 fully saturated rings. The van der Waals surface area contributed by atoms with Gasteiger partial charge in [-0.3, -0.25) is 0 Å². The van der Waals surface area contributed by atoms with Crippen molar-refractivity contribution in [3.8, 4) is 0 Å². The van der Waals surface area contributed by atoms with Crippen LogP contribution >= 0.6 is 0 Å². The van der Waals surface area contributed by atoms with Crippen molar-refractivity contribution in [2.24, 2.45) is 0 Å². The lowest BCUT2D eigenvalue weighted by atomic mass is 9.84. The van der Waals surface area contributed by atoms with Gasteiger partial charge in [-0.1, -0.05) is 43.5 Å². The monoisotopic (exact) mass is 426 g/mol. The van der Waals surface area contributed by atoms with Crippen LogP contribution in [0, 0.1) is 6.92 Å². The number of hydrogen-bond acceptors (Lipinski definition) is 4. The number of aryl methyl sites for hydroxylation is 1. The highest BCUT2D eigenvalue weighted by atomic mass is 19.4. The molecule has 0 unspecified atom stereocenters. The molecule has 0 bridgehead atoms. The summed E-state index contributed by atoms with van der Waals surface area (Å²) in [6, 6.07) is 15.1. The number of anilines is 4. The Balaban J connectivity index is 1.57. The first-order chi connectivity index (χ1) is 14.9. The number of nitrogens with zero attached hydrogens (tertiary/aromatic N) is 2. The minimum atomic E-state index is -4.56. The molecule has 0 amide bonds. The second kappa shape index (κ2) is 8.96. The van der Waals surface area contributed by atoms with E-state index in [1.807, 2.05) is 55.5 Å². The molecule has 2 N–H and O–H groups in total. The van der Waals surface area contributed by atoms with Crippen molar-refractivity contribution in [2.45, 2.75) is 51.1 Å². The molecule has 1 aliphatic carbocycles. The Morgan fingerprint density at radius 2 is 1.65 bits per heavy atom. The maximum absolute atomic E-state index is 13.5. The molecule has 1 saturated carbocycles. The number of nitrogens with one attached hydrogen (secondary N) is 2. The zero-order valence-corrected chi connectivity index (χ0v) is 17.3. The predicted molar refractivity (Wildman–Crippen MR) is 117 cm³/mol. The van der Waals surface area contributed by atoms with E-state index < -0.39 is 11.7 Å². The summed E-state index contributed by atoms with van der Waals surface area (Å²) >= 11 is 0. The average Bonchev–Trinajstić information content (AvgIpc) is 2.74. The highest BCUT2D eigenvalue weighted by molar-refractivity contribution is 5.63.